The molecule has 2 heterocycles. The maximum absolute atomic E-state index is 13.7. The van der Waals surface area contributed by atoms with Gasteiger partial charge in [0.25, 0.3) is 5.91 Å². The van der Waals surface area contributed by atoms with Crippen LogP contribution in [0.2, 0.25) is 0 Å². The van der Waals surface area contributed by atoms with E-state index in [4.69, 9.17) is 4.42 Å². The Hall–Kier alpha value is -4.39. The van der Waals surface area contributed by atoms with Crippen LogP contribution in [-0.2, 0) is 21.5 Å². The Morgan fingerprint density at radius 2 is 1.56 bits per heavy atom. The van der Waals surface area contributed by atoms with E-state index in [1.165, 1.54) is 0 Å². The summed E-state index contributed by atoms with van der Waals surface area (Å²) in [6.45, 7) is 3.96. The minimum absolute atomic E-state index is 0.0454. The number of fused-ring (bicyclic) bond motifs is 1. The van der Waals surface area contributed by atoms with Gasteiger partial charge in [0, 0.05) is 10.9 Å². The molecule has 2 N–H and O–H groups in total. The molecule has 34 heavy (non-hydrogen) atoms. The zero-order chi connectivity index (χ0) is 23.9. The summed E-state index contributed by atoms with van der Waals surface area (Å²) in [5.41, 5.74) is 5.76. The SMILES string of the molecule is Cc1ccc2c(CC(=O)NN3C(=O)NC(c4ccccc4)(c4ccccc4)C3=O)coc2c1C. The van der Waals surface area contributed by atoms with Gasteiger partial charge in [0.05, 0.1) is 12.7 Å². The largest absolute Gasteiger partial charge is 0.464 e. The fourth-order valence-corrected chi connectivity index (χ4v) is 4.43. The van der Waals surface area contributed by atoms with E-state index in [9.17, 15) is 14.4 Å². The molecule has 7 heteroatoms. The number of benzene rings is 3. The zero-order valence-electron chi connectivity index (χ0n) is 18.8. The van der Waals surface area contributed by atoms with Crippen molar-refractivity contribution < 1.29 is 18.8 Å². The van der Waals surface area contributed by atoms with Gasteiger partial charge in [-0.05, 0) is 36.1 Å². The van der Waals surface area contributed by atoms with Crippen LogP contribution in [0.3, 0.4) is 0 Å². The Bertz CT molecular complexity index is 1370. The van der Waals surface area contributed by atoms with E-state index in [0.717, 1.165) is 27.1 Å². The molecule has 0 atom stereocenters. The second-order valence-electron chi connectivity index (χ2n) is 8.41. The van der Waals surface area contributed by atoms with Gasteiger partial charge in [0.2, 0.25) is 5.91 Å². The van der Waals surface area contributed by atoms with Gasteiger partial charge in [-0.15, -0.1) is 0 Å². The third-order valence-corrected chi connectivity index (χ3v) is 6.36. The molecule has 3 aromatic carbocycles. The van der Waals surface area contributed by atoms with E-state index in [-0.39, 0.29) is 6.42 Å². The second kappa shape index (κ2) is 8.19. The van der Waals surface area contributed by atoms with Crippen molar-refractivity contribution in [3.05, 3.63) is 107 Å². The fraction of sp³-hybridized carbons (Fsp3) is 0.148. The molecule has 1 fully saturated rings. The average molecular weight is 453 g/mol. The number of carbonyl (C=O) groups excluding carboxylic acids is 3. The standard InChI is InChI=1S/C27H23N3O4/c1-17-13-14-22-19(16-34-24(22)18(17)2)15-23(31)29-30-25(32)27(28-26(30)33,20-9-5-3-6-10-20)21-11-7-4-8-12-21/h3-14,16H,15H2,1-2H3,(H,28,33)(H,29,31). The van der Waals surface area contributed by atoms with Gasteiger partial charge in [-0.1, -0.05) is 72.8 Å². The van der Waals surface area contributed by atoms with Crippen molar-refractivity contribution >= 4 is 28.8 Å². The highest BCUT2D eigenvalue weighted by Gasteiger charge is 2.54. The fourth-order valence-electron chi connectivity index (χ4n) is 4.43. The van der Waals surface area contributed by atoms with Crippen LogP contribution in [0.1, 0.15) is 27.8 Å². The summed E-state index contributed by atoms with van der Waals surface area (Å²) in [7, 11) is 0. The van der Waals surface area contributed by atoms with E-state index in [2.05, 4.69) is 10.7 Å². The van der Waals surface area contributed by atoms with Crippen LogP contribution in [0.25, 0.3) is 11.0 Å². The number of aryl methyl sites for hydroxylation is 2. The highest BCUT2D eigenvalue weighted by atomic mass is 16.3. The molecule has 1 saturated heterocycles. The molecule has 0 spiro atoms. The molecule has 0 radical (unpaired) electrons. The zero-order valence-corrected chi connectivity index (χ0v) is 18.8. The molecule has 4 amide bonds. The van der Waals surface area contributed by atoms with Crippen LogP contribution in [0.5, 0.6) is 0 Å². The molecule has 1 aliphatic rings. The van der Waals surface area contributed by atoms with Crippen LogP contribution in [0.15, 0.2) is 83.5 Å². The van der Waals surface area contributed by atoms with Crippen molar-refractivity contribution in [2.75, 3.05) is 0 Å². The summed E-state index contributed by atoms with van der Waals surface area (Å²) in [6, 6.07) is 21.2. The number of furan rings is 1. The average Bonchev–Trinajstić information content (AvgIpc) is 3.37. The number of urea groups is 1. The van der Waals surface area contributed by atoms with Crippen molar-refractivity contribution in [1.29, 1.82) is 0 Å². The lowest BCUT2D eigenvalue weighted by Gasteiger charge is -2.27. The number of hydrogen-bond acceptors (Lipinski definition) is 4. The van der Waals surface area contributed by atoms with Crippen LogP contribution in [-0.4, -0.2) is 22.9 Å². The molecule has 1 aliphatic heterocycles. The smallest absolute Gasteiger partial charge is 0.344 e. The number of imide groups is 1. The van der Waals surface area contributed by atoms with Crippen LogP contribution in [0, 0.1) is 13.8 Å². The molecule has 0 unspecified atom stereocenters. The monoisotopic (exact) mass is 453 g/mol. The first-order valence-corrected chi connectivity index (χ1v) is 11.0. The number of hydrogen-bond donors (Lipinski definition) is 2. The summed E-state index contributed by atoms with van der Waals surface area (Å²) < 4.78 is 5.68. The first-order chi connectivity index (χ1) is 16.4. The lowest BCUT2D eigenvalue weighted by atomic mass is 9.83. The third-order valence-electron chi connectivity index (χ3n) is 6.36. The molecule has 0 aliphatic carbocycles. The predicted octanol–water partition coefficient (Wildman–Crippen LogP) is 4.12. The minimum atomic E-state index is -1.44. The maximum atomic E-state index is 13.7. The number of carbonyl (C=O) groups is 3. The summed E-state index contributed by atoms with van der Waals surface area (Å²) in [5, 5.41) is 4.41. The Morgan fingerprint density at radius 1 is 0.941 bits per heavy atom. The van der Waals surface area contributed by atoms with Crippen molar-refractivity contribution in [2.24, 2.45) is 0 Å². The van der Waals surface area contributed by atoms with Crippen molar-refractivity contribution in [1.82, 2.24) is 15.8 Å². The molecule has 0 bridgehead atoms. The number of nitrogens with zero attached hydrogens (tertiary/aromatic N) is 1. The minimum Gasteiger partial charge on any atom is -0.464 e. The van der Waals surface area contributed by atoms with E-state index < -0.39 is 23.4 Å². The number of amides is 4. The third kappa shape index (κ3) is 3.33. The van der Waals surface area contributed by atoms with E-state index >= 15 is 0 Å². The molecule has 7 nitrogen and oxygen atoms in total. The molecule has 4 aromatic rings. The summed E-state index contributed by atoms with van der Waals surface area (Å²) in [4.78, 5) is 39.5. The van der Waals surface area contributed by atoms with E-state index in [1.807, 2.05) is 38.1 Å². The van der Waals surface area contributed by atoms with Gasteiger partial charge in [-0.2, -0.15) is 5.01 Å². The first kappa shape index (κ1) is 21.5. The quantitative estimate of drug-likeness (QED) is 0.445. The van der Waals surface area contributed by atoms with Crippen molar-refractivity contribution in [2.45, 2.75) is 25.8 Å². The topological polar surface area (TPSA) is 91.7 Å². The van der Waals surface area contributed by atoms with Gasteiger partial charge < -0.3 is 9.73 Å². The maximum Gasteiger partial charge on any atom is 0.344 e. The number of nitrogens with one attached hydrogen (secondary N) is 2. The number of rotatable bonds is 5. The van der Waals surface area contributed by atoms with Crippen LogP contribution < -0.4 is 10.7 Å². The molecule has 5 rings (SSSR count). The van der Waals surface area contributed by atoms with Gasteiger partial charge >= 0.3 is 6.03 Å². The lowest BCUT2D eigenvalue weighted by molar-refractivity contribution is -0.138. The van der Waals surface area contributed by atoms with Gasteiger partial charge in [-0.25, -0.2) is 4.79 Å². The molecule has 0 saturated carbocycles. The lowest BCUT2D eigenvalue weighted by Crippen LogP contribution is -2.49. The van der Waals surface area contributed by atoms with Crippen LogP contribution in [0.4, 0.5) is 4.79 Å². The molecular weight excluding hydrogens is 430 g/mol. The Labute approximate surface area is 196 Å². The van der Waals surface area contributed by atoms with Crippen molar-refractivity contribution in [3.63, 3.8) is 0 Å². The molecule has 170 valence electrons. The number of hydrazine groups is 1. The van der Waals surface area contributed by atoms with E-state index in [0.29, 0.717) is 16.7 Å². The second-order valence-corrected chi connectivity index (χ2v) is 8.41. The molecular formula is C27H23N3O4. The highest BCUT2D eigenvalue weighted by Crippen LogP contribution is 2.35. The summed E-state index contributed by atoms with van der Waals surface area (Å²) in [6.07, 6.45) is 1.50. The van der Waals surface area contributed by atoms with Crippen LogP contribution >= 0.6 is 0 Å². The van der Waals surface area contributed by atoms with Gasteiger partial charge in [0.15, 0.2) is 5.54 Å². The summed E-state index contributed by atoms with van der Waals surface area (Å²) in [5.74, 6) is -1.08. The first-order valence-electron chi connectivity index (χ1n) is 11.0. The summed E-state index contributed by atoms with van der Waals surface area (Å²) >= 11 is 0. The van der Waals surface area contributed by atoms with Gasteiger partial charge in [-0.3, -0.25) is 15.0 Å². The Morgan fingerprint density at radius 3 is 2.18 bits per heavy atom. The van der Waals surface area contributed by atoms with E-state index in [1.54, 1.807) is 54.8 Å². The normalized spacial score (nSPS) is 14.9. The van der Waals surface area contributed by atoms with Crippen molar-refractivity contribution in [3.8, 4) is 0 Å². The van der Waals surface area contributed by atoms with Gasteiger partial charge in [0.1, 0.15) is 5.58 Å². The predicted molar refractivity (Wildman–Crippen MR) is 127 cm³/mol. The molecule has 1 aromatic heterocycles. The Balaban J connectivity index is 1.44. The Kier molecular flexibility index (Phi) is 5.17. The highest BCUT2D eigenvalue weighted by molar-refractivity contribution is 6.10.